The van der Waals surface area contributed by atoms with Crippen LogP contribution < -0.4 is 0 Å². The van der Waals surface area contributed by atoms with Crippen molar-refractivity contribution in [2.75, 3.05) is 26.2 Å². The van der Waals surface area contributed by atoms with E-state index in [2.05, 4.69) is 22.3 Å². The maximum absolute atomic E-state index is 12.9. The zero-order valence-electron chi connectivity index (χ0n) is 13.9. The van der Waals surface area contributed by atoms with Gasteiger partial charge in [-0.05, 0) is 23.6 Å². The normalized spacial score (nSPS) is 20.2. The van der Waals surface area contributed by atoms with E-state index < -0.39 is 6.10 Å². The van der Waals surface area contributed by atoms with Crippen molar-refractivity contribution < 1.29 is 14.3 Å². The molecular formula is C18H20N4O3. The van der Waals surface area contributed by atoms with Gasteiger partial charge in [-0.2, -0.15) is 5.10 Å². The molecular weight excluding hydrogens is 320 g/mol. The molecule has 2 aromatic rings. The Morgan fingerprint density at radius 2 is 1.96 bits per heavy atom. The first-order valence-corrected chi connectivity index (χ1v) is 8.48. The summed E-state index contributed by atoms with van der Waals surface area (Å²) in [5.74, 6) is -0.195. The van der Waals surface area contributed by atoms with Crippen molar-refractivity contribution in [1.29, 1.82) is 0 Å². The number of hydrogen-bond acceptors (Lipinski definition) is 4. The van der Waals surface area contributed by atoms with Crippen LogP contribution in [0.5, 0.6) is 0 Å². The summed E-state index contributed by atoms with van der Waals surface area (Å²) in [6.45, 7) is 2.40. The van der Waals surface area contributed by atoms with Crippen LogP contribution in [-0.2, 0) is 22.5 Å². The molecule has 1 atom stereocenters. The van der Waals surface area contributed by atoms with Gasteiger partial charge in [-0.15, -0.1) is 0 Å². The number of morpholine rings is 1. The molecule has 1 saturated heterocycles. The van der Waals surface area contributed by atoms with Crippen molar-refractivity contribution in [3.05, 3.63) is 53.3 Å². The first kappa shape index (κ1) is 15.8. The smallest absolute Gasteiger partial charge is 0.272 e. The van der Waals surface area contributed by atoms with E-state index in [4.69, 9.17) is 4.74 Å². The highest BCUT2D eigenvalue weighted by molar-refractivity contribution is 5.93. The first-order valence-electron chi connectivity index (χ1n) is 8.48. The van der Waals surface area contributed by atoms with Gasteiger partial charge in [-0.1, -0.05) is 24.3 Å². The van der Waals surface area contributed by atoms with Gasteiger partial charge >= 0.3 is 0 Å². The van der Waals surface area contributed by atoms with Crippen molar-refractivity contribution in [2.45, 2.75) is 19.1 Å². The summed E-state index contributed by atoms with van der Waals surface area (Å²) in [5, 5.41) is 6.48. The second-order valence-corrected chi connectivity index (χ2v) is 6.36. The summed E-state index contributed by atoms with van der Waals surface area (Å²) in [6, 6.07) is 9.83. The number of rotatable bonds is 2. The van der Waals surface area contributed by atoms with Crippen molar-refractivity contribution in [3.8, 4) is 0 Å². The molecule has 130 valence electrons. The Morgan fingerprint density at radius 3 is 2.76 bits per heavy atom. The average molecular weight is 340 g/mol. The standard InChI is InChI=1S/C18H20N4O3/c23-17(15-5-7-19-20-15)22-9-10-25-16(12-22)18(24)21-8-6-13-3-1-2-4-14(13)11-21/h1-5,7,16H,6,8-12H2,(H,19,20)/t16-/m1/s1. The molecule has 2 aliphatic heterocycles. The van der Waals surface area contributed by atoms with Gasteiger partial charge in [0.2, 0.25) is 0 Å². The number of fused-ring (bicyclic) bond motifs is 1. The van der Waals surface area contributed by atoms with Crippen molar-refractivity contribution >= 4 is 11.8 Å². The molecule has 0 unspecified atom stereocenters. The number of benzene rings is 1. The van der Waals surface area contributed by atoms with Crippen molar-refractivity contribution in [1.82, 2.24) is 20.0 Å². The van der Waals surface area contributed by atoms with E-state index in [0.29, 0.717) is 31.9 Å². The number of hydrogen-bond donors (Lipinski definition) is 1. The van der Waals surface area contributed by atoms with Gasteiger partial charge in [0.15, 0.2) is 6.10 Å². The molecule has 4 rings (SSSR count). The summed E-state index contributed by atoms with van der Waals surface area (Å²) in [5.41, 5.74) is 2.91. The van der Waals surface area contributed by atoms with Crippen LogP contribution in [0.25, 0.3) is 0 Å². The zero-order valence-corrected chi connectivity index (χ0v) is 13.9. The van der Waals surface area contributed by atoms with Gasteiger partial charge in [0.1, 0.15) is 5.69 Å². The molecule has 7 nitrogen and oxygen atoms in total. The van der Waals surface area contributed by atoms with Gasteiger partial charge in [-0.3, -0.25) is 14.7 Å². The van der Waals surface area contributed by atoms with Crippen LogP contribution >= 0.6 is 0 Å². The lowest BCUT2D eigenvalue weighted by Gasteiger charge is -2.36. The number of nitrogens with zero attached hydrogens (tertiary/aromatic N) is 3. The third kappa shape index (κ3) is 3.15. The Kier molecular flexibility index (Phi) is 4.23. The SMILES string of the molecule is O=C(c1ccn[nH]1)N1CCO[C@@H](C(=O)N2CCc3ccccc3C2)C1. The molecule has 0 aliphatic carbocycles. The summed E-state index contributed by atoms with van der Waals surface area (Å²) < 4.78 is 5.67. The molecule has 1 aromatic carbocycles. The van der Waals surface area contributed by atoms with Crippen LogP contribution in [0.3, 0.4) is 0 Å². The summed E-state index contributed by atoms with van der Waals surface area (Å²) in [7, 11) is 0. The highest BCUT2D eigenvalue weighted by Gasteiger charge is 2.33. The molecule has 0 saturated carbocycles. The van der Waals surface area contributed by atoms with Crippen LogP contribution in [0.4, 0.5) is 0 Å². The zero-order chi connectivity index (χ0) is 17.2. The molecule has 3 heterocycles. The number of H-pyrrole nitrogens is 1. The quantitative estimate of drug-likeness (QED) is 0.879. The first-order chi connectivity index (χ1) is 12.2. The minimum atomic E-state index is -0.606. The van der Waals surface area contributed by atoms with Gasteiger partial charge < -0.3 is 14.5 Å². The number of nitrogens with one attached hydrogen (secondary N) is 1. The van der Waals surface area contributed by atoms with Crippen LogP contribution in [0.1, 0.15) is 21.6 Å². The van der Waals surface area contributed by atoms with Crippen LogP contribution in [0, 0.1) is 0 Å². The lowest BCUT2D eigenvalue weighted by atomic mass is 9.99. The molecule has 0 bridgehead atoms. The van der Waals surface area contributed by atoms with Crippen LogP contribution in [0.2, 0.25) is 0 Å². The Labute approximate surface area is 145 Å². The average Bonchev–Trinajstić information content (AvgIpc) is 3.21. The topological polar surface area (TPSA) is 78.5 Å². The fourth-order valence-electron chi connectivity index (χ4n) is 3.42. The molecule has 1 aromatic heterocycles. The molecule has 1 fully saturated rings. The Balaban J connectivity index is 1.43. The highest BCUT2D eigenvalue weighted by atomic mass is 16.5. The van der Waals surface area contributed by atoms with Crippen molar-refractivity contribution in [2.24, 2.45) is 0 Å². The minimum absolute atomic E-state index is 0.0448. The van der Waals surface area contributed by atoms with Gasteiger partial charge in [-0.25, -0.2) is 0 Å². The maximum Gasteiger partial charge on any atom is 0.272 e. The molecule has 2 amide bonds. The largest absolute Gasteiger partial charge is 0.365 e. The second kappa shape index (κ2) is 6.68. The van der Waals surface area contributed by atoms with E-state index in [9.17, 15) is 9.59 Å². The Morgan fingerprint density at radius 1 is 1.12 bits per heavy atom. The van der Waals surface area contributed by atoms with Gasteiger partial charge in [0.25, 0.3) is 11.8 Å². The van der Waals surface area contributed by atoms with E-state index >= 15 is 0 Å². The molecule has 2 aliphatic rings. The summed E-state index contributed by atoms with van der Waals surface area (Å²) >= 11 is 0. The van der Waals surface area contributed by atoms with Crippen molar-refractivity contribution in [3.63, 3.8) is 0 Å². The van der Waals surface area contributed by atoms with Crippen LogP contribution in [0.15, 0.2) is 36.5 Å². The van der Waals surface area contributed by atoms with Gasteiger partial charge in [0, 0.05) is 25.8 Å². The number of carbonyl (C=O) groups is 2. The monoisotopic (exact) mass is 340 g/mol. The Hall–Kier alpha value is -2.67. The van der Waals surface area contributed by atoms with E-state index in [1.807, 2.05) is 17.0 Å². The summed E-state index contributed by atoms with van der Waals surface area (Å²) in [6.07, 6.45) is 1.79. The van der Waals surface area contributed by atoms with E-state index in [1.54, 1.807) is 17.2 Å². The molecule has 25 heavy (non-hydrogen) atoms. The fraction of sp³-hybridized carbons (Fsp3) is 0.389. The van der Waals surface area contributed by atoms with E-state index in [0.717, 1.165) is 6.42 Å². The fourth-order valence-corrected chi connectivity index (χ4v) is 3.42. The highest BCUT2D eigenvalue weighted by Crippen LogP contribution is 2.20. The minimum Gasteiger partial charge on any atom is -0.365 e. The van der Waals surface area contributed by atoms with E-state index in [-0.39, 0.29) is 18.4 Å². The number of aromatic nitrogens is 2. The number of amides is 2. The lowest BCUT2D eigenvalue weighted by Crippen LogP contribution is -2.53. The Bertz CT molecular complexity index is 774. The third-order valence-electron chi connectivity index (χ3n) is 4.80. The third-order valence-corrected chi connectivity index (χ3v) is 4.80. The maximum atomic E-state index is 12.9. The molecule has 1 N–H and O–H groups in total. The molecule has 7 heteroatoms. The number of ether oxygens (including phenoxy) is 1. The number of carbonyl (C=O) groups excluding carboxylic acids is 2. The van der Waals surface area contributed by atoms with Gasteiger partial charge in [0.05, 0.1) is 13.2 Å². The molecule has 0 radical (unpaired) electrons. The summed E-state index contributed by atoms with van der Waals surface area (Å²) in [4.78, 5) is 28.8. The number of aromatic amines is 1. The van der Waals surface area contributed by atoms with E-state index in [1.165, 1.54) is 11.1 Å². The second-order valence-electron chi connectivity index (χ2n) is 6.36. The predicted molar refractivity (Wildman–Crippen MR) is 89.8 cm³/mol. The van der Waals surface area contributed by atoms with Crippen LogP contribution in [-0.4, -0.2) is 64.2 Å². The lowest BCUT2D eigenvalue weighted by molar-refractivity contribution is -0.149. The molecule has 0 spiro atoms. The predicted octanol–water partition coefficient (Wildman–Crippen LogP) is 0.836.